The van der Waals surface area contributed by atoms with E-state index in [2.05, 4.69) is 5.32 Å². The molecule has 0 saturated heterocycles. The quantitative estimate of drug-likeness (QED) is 0.690. The third kappa shape index (κ3) is 3.14. The summed E-state index contributed by atoms with van der Waals surface area (Å²) in [5.74, 6) is 1.58. The molecule has 0 aliphatic heterocycles. The third-order valence-corrected chi connectivity index (χ3v) is 4.92. The summed E-state index contributed by atoms with van der Waals surface area (Å²) >= 11 is 0. The highest BCUT2D eigenvalue weighted by molar-refractivity contribution is 6.39. The minimum Gasteiger partial charge on any atom is -0.497 e. The molecule has 3 aromatic carbocycles. The Morgan fingerprint density at radius 1 is 0.821 bits per heavy atom. The van der Waals surface area contributed by atoms with Crippen LogP contribution < -0.4 is 14.8 Å². The van der Waals surface area contributed by atoms with Gasteiger partial charge in [-0.1, -0.05) is 54.6 Å². The van der Waals surface area contributed by atoms with Crippen molar-refractivity contribution in [3.8, 4) is 11.5 Å². The van der Waals surface area contributed by atoms with Crippen LogP contribution in [-0.2, 0) is 6.54 Å². The average molecular weight is 371 g/mol. The van der Waals surface area contributed by atoms with E-state index in [-0.39, 0.29) is 5.78 Å². The lowest BCUT2D eigenvalue weighted by Crippen LogP contribution is -2.13. The molecule has 4 heteroatoms. The first-order chi connectivity index (χ1) is 13.7. The van der Waals surface area contributed by atoms with Crippen LogP contribution in [0.1, 0.15) is 27.0 Å². The van der Waals surface area contributed by atoms with Gasteiger partial charge in [0.25, 0.3) is 0 Å². The topological polar surface area (TPSA) is 47.6 Å². The second-order valence-corrected chi connectivity index (χ2v) is 6.52. The number of methoxy groups -OCH3 is 2. The van der Waals surface area contributed by atoms with Crippen LogP contribution >= 0.6 is 0 Å². The van der Waals surface area contributed by atoms with E-state index in [1.54, 1.807) is 14.2 Å². The van der Waals surface area contributed by atoms with E-state index in [0.717, 1.165) is 39.4 Å². The third-order valence-electron chi connectivity index (χ3n) is 4.92. The van der Waals surface area contributed by atoms with Crippen LogP contribution in [0.3, 0.4) is 0 Å². The lowest BCUT2D eigenvalue weighted by atomic mass is 10.0. The van der Waals surface area contributed by atoms with E-state index >= 15 is 0 Å². The summed E-state index contributed by atoms with van der Waals surface area (Å²) in [6.45, 7) is 0.508. The molecule has 28 heavy (non-hydrogen) atoms. The van der Waals surface area contributed by atoms with Gasteiger partial charge in [0.1, 0.15) is 11.5 Å². The fourth-order valence-corrected chi connectivity index (χ4v) is 3.55. The number of ketones is 1. The van der Waals surface area contributed by atoms with Crippen LogP contribution in [-0.4, -0.2) is 20.0 Å². The van der Waals surface area contributed by atoms with Gasteiger partial charge in [-0.25, -0.2) is 0 Å². The van der Waals surface area contributed by atoms with Crippen LogP contribution in [0.2, 0.25) is 0 Å². The first-order valence-electron chi connectivity index (χ1n) is 9.11. The molecule has 0 fully saturated rings. The summed E-state index contributed by atoms with van der Waals surface area (Å²) in [5.41, 5.74) is 5.05. The SMILES string of the molecule is COc1ccc(OC)c(CNC2=C(c3ccccc3)C(=O)c3ccccc32)c1. The largest absolute Gasteiger partial charge is 0.497 e. The molecule has 0 heterocycles. The van der Waals surface area contributed by atoms with Crippen molar-refractivity contribution in [1.29, 1.82) is 0 Å². The molecule has 0 saturated carbocycles. The van der Waals surface area contributed by atoms with Crippen molar-refractivity contribution in [2.75, 3.05) is 14.2 Å². The Kier molecular flexibility index (Phi) is 4.85. The molecule has 3 aromatic rings. The second kappa shape index (κ2) is 7.61. The van der Waals surface area contributed by atoms with Crippen molar-refractivity contribution in [3.05, 3.63) is 95.1 Å². The van der Waals surface area contributed by atoms with E-state index in [1.165, 1.54) is 0 Å². The van der Waals surface area contributed by atoms with Crippen LogP contribution in [0.25, 0.3) is 11.3 Å². The number of hydrogen-bond donors (Lipinski definition) is 1. The molecule has 0 unspecified atom stereocenters. The highest BCUT2D eigenvalue weighted by Crippen LogP contribution is 2.37. The van der Waals surface area contributed by atoms with Gasteiger partial charge in [0.05, 0.1) is 25.5 Å². The molecule has 0 bridgehead atoms. The van der Waals surface area contributed by atoms with Crippen LogP contribution in [0.4, 0.5) is 0 Å². The molecule has 0 amide bonds. The van der Waals surface area contributed by atoms with Gasteiger partial charge in [0, 0.05) is 23.2 Å². The molecule has 1 N–H and O–H groups in total. The van der Waals surface area contributed by atoms with Crippen molar-refractivity contribution in [2.45, 2.75) is 6.54 Å². The number of rotatable bonds is 6. The molecule has 0 spiro atoms. The molecule has 4 rings (SSSR count). The maximum atomic E-state index is 13.1. The number of fused-ring (bicyclic) bond motifs is 1. The Balaban J connectivity index is 1.75. The highest BCUT2D eigenvalue weighted by Gasteiger charge is 2.30. The van der Waals surface area contributed by atoms with Crippen molar-refractivity contribution in [3.63, 3.8) is 0 Å². The standard InChI is InChI=1S/C24H21NO3/c1-27-18-12-13-21(28-2)17(14-18)15-25-23-19-10-6-7-11-20(19)24(26)22(23)16-8-4-3-5-9-16/h3-14,25H,15H2,1-2H3. The highest BCUT2D eigenvalue weighted by atomic mass is 16.5. The van der Waals surface area contributed by atoms with Crippen LogP contribution in [0.5, 0.6) is 11.5 Å². The molecule has 0 aromatic heterocycles. The van der Waals surface area contributed by atoms with Gasteiger partial charge in [-0.3, -0.25) is 4.79 Å². The summed E-state index contributed by atoms with van der Waals surface area (Å²) in [6, 6.07) is 23.2. The van der Waals surface area contributed by atoms with Crippen molar-refractivity contribution in [1.82, 2.24) is 5.32 Å². The Morgan fingerprint density at radius 3 is 2.25 bits per heavy atom. The summed E-state index contributed by atoms with van der Waals surface area (Å²) in [6.07, 6.45) is 0. The summed E-state index contributed by atoms with van der Waals surface area (Å²) in [7, 11) is 3.29. The molecular formula is C24H21NO3. The fourth-order valence-electron chi connectivity index (χ4n) is 3.55. The van der Waals surface area contributed by atoms with Crippen LogP contribution in [0, 0.1) is 0 Å². The smallest absolute Gasteiger partial charge is 0.196 e. The van der Waals surface area contributed by atoms with E-state index in [1.807, 2.05) is 72.8 Å². The zero-order chi connectivity index (χ0) is 19.5. The number of Topliss-reactive ketones (excluding diaryl/α,β-unsaturated/α-hetero) is 1. The van der Waals surface area contributed by atoms with Gasteiger partial charge >= 0.3 is 0 Å². The van der Waals surface area contributed by atoms with E-state index in [0.29, 0.717) is 12.1 Å². The molecule has 1 aliphatic carbocycles. The molecule has 4 nitrogen and oxygen atoms in total. The Hall–Kier alpha value is -3.53. The average Bonchev–Trinajstić information content (AvgIpc) is 3.04. The Labute approximate surface area is 164 Å². The first-order valence-corrected chi connectivity index (χ1v) is 9.11. The Morgan fingerprint density at radius 2 is 1.54 bits per heavy atom. The number of carbonyl (C=O) groups is 1. The van der Waals surface area contributed by atoms with Gasteiger partial charge in [-0.05, 0) is 23.8 Å². The molecule has 140 valence electrons. The summed E-state index contributed by atoms with van der Waals surface area (Å²) < 4.78 is 10.8. The summed E-state index contributed by atoms with van der Waals surface area (Å²) in [5, 5.41) is 3.48. The Bertz CT molecular complexity index is 1050. The normalized spacial score (nSPS) is 12.7. The van der Waals surface area contributed by atoms with Crippen molar-refractivity contribution < 1.29 is 14.3 Å². The molecule has 0 radical (unpaired) electrons. The van der Waals surface area contributed by atoms with Gasteiger partial charge in [-0.15, -0.1) is 0 Å². The van der Waals surface area contributed by atoms with E-state index in [9.17, 15) is 4.79 Å². The van der Waals surface area contributed by atoms with Crippen molar-refractivity contribution in [2.24, 2.45) is 0 Å². The number of carbonyl (C=O) groups excluding carboxylic acids is 1. The monoisotopic (exact) mass is 371 g/mol. The van der Waals surface area contributed by atoms with Gasteiger partial charge in [0.2, 0.25) is 0 Å². The number of ether oxygens (including phenoxy) is 2. The number of allylic oxidation sites excluding steroid dienone is 1. The van der Waals surface area contributed by atoms with E-state index < -0.39 is 0 Å². The number of benzene rings is 3. The van der Waals surface area contributed by atoms with Gasteiger partial charge in [0.15, 0.2) is 5.78 Å². The maximum absolute atomic E-state index is 13.1. The lowest BCUT2D eigenvalue weighted by molar-refractivity contribution is 0.105. The number of nitrogens with one attached hydrogen (secondary N) is 1. The predicted octanol–water partition coefficient (Wildman–Crippen LogP) is 4.56. The summed E-state index contributed by atoms with van der Waals surface area (Å²) in [4.78, 5) is 13.1. The minimum atomic E-state index is 0.0434. The van der Waals surface area contributed by atoms with Crippen molar-refractivity contribution >= 4 is 17.1 Å². The second-order valence-electron chi connectivity index (χ2n) is 6.52. The lowest BCUT2D eigenvalue weighted by Gasteiger charge is -2.15. The minimum absolute atomic E-state index is 0.0434. The maximum Gasteiger partial charge on any atom is 0.196 e. The number of hydrogen-bond acceptors (Lipinski definition) is 4. The molecule has 0 atom stereocenters. The predicted molar refractivity (Wildman–Crippen MR) is 110 cm³/mol. The van der Waals surface area contributed by atoms with Gasteiger partial charge in [-0.2, -0.15) is 0 Å². The fraction of sp³-hybridized carbons (Fsp3) is 0.125. The van der Waals surface area contributed by atoms with Gasteiger partial charge < -0.3 is 14.8 Å². The van der Waals surface area contributed by atoms with Crippen LogP contribution in [0.15, 0.2) is 72.8 Å². The molecule has 1 aliphatic rings. The first kappa shape index (κ1) is 17.9. The molecular weight excluding hydrogens is 350 g/mol. The zero-order valence-electron chi connectivity index (χ0n) is 15.9. The zero-order valence-corrected chi connectivity index (χ0v) is 15.9. The van der Waals surface area contributed by atoms with E-state index in [4.69, 9.17) is 9.47 Å².